The van der Waals surface area contributed by atoms with Gasteiger partial charge in [0.05, 0.1) is 29.2 Å². The first-order valence-electron chi connectivity index (χ1n) is 6.84. The van der Waals surface area contributed by atoms with Gasteiger partial charge in [0.15, 0.2) is 0 Å². The lowest BCUT2D eigenvalue weighted by molar-refractivity contribution is 0.0160. The van der Waals surface area contributed by atoms with Crippen molar-refractivity contribution in [2.24, 2.45) is 0 Å². The minimum Gasteiger partial charge on any atom is -0.471 e. The van der Waals surface area contributed by atoms with E-state index in [0.717, 1.165) is 0 Å². The number of nitrogens with zero attached hydrogens (tertiary/aromatic N) is 3. The van der Waals surface area contributed by atoms with Gasteiger partial charge in [0, 0.05) is 17.3 Å². The zero-order valence-corrected chi connectivity index (χ0v) is 13.4. The Bertz CT molecular complexity index is 781. The number of benzene rings is 1. The SMILES string of the molecule is N#Cc1ccc(OC2CN(C(=O)c3cc(Cl)ccc3Cl)C2)nc1. The van der Waals surface area contributed by atoms with Crippen LogP contribution in [0.3, 0.4) is 0 Å². The summed E-state index contributed by atoms with van der Waals surface area (Å²) in [7, 11) is 0. The van der Waals surface area contributed by atoms with Crippen molar-refractivity contribution in [2.45, 2.75) is 6.10 Å². The number of ether oxygens (including phenoxy) is 1. The number of halogens is 2. The van der Waals surface area contributed by atoms with Crippen LogP contribution in [-0.4, -0.2) is 35.0 Å². The third-order valence-electron chi connectivity index (χ3n) is 3.45. The lowest BCUT2D eigenvalue weighted by atomic mass is 10.1. The molecule has 1 aliphatic heterocycles. The molecule has 0 saturated carbocycles. The minimum absolute atomic E-state index is 0.127. The number of rotatable bonds is 3. The number of carbonyl (C=O) groups excluding carboxylic acids is 1. The molecular weight excluding hydrogens is 337 g/mol. The fraction of sp³-hybridized carbons (Fsp3) is 0.188. The van der Waals surface area contributed by atoms with Crippen molar-refractivity contribution >= 4 is 29.1 Å². The molecule has 116 valence electrons. The van der Waals surface area contributed by atoms with Gasteiger partial charge >= 0.3 is 0 Å². The fourth-order valence-corrected chi connectivity index (χ4v) is 2.57. The first-order chi connectivity index (χ1) is 11.1. The van der Waals surface area contributed by atoms with Crippen LogP contribution < -0.4 is 4.74 Å². The summed E-state index contributed by atoms with van der Waals surface area (Å²) in [5.74, 6) is 0.257. The summed E-state index contributed by atoms with van der Waals surface area (Å²) in [6.45, 7) is 0.896. The van der Waals surface area contributed by atoms with Crippen LogP contribution in [0.4, 0.5) is 0 Å². The molecule has 5 nitrogen and oxygen atoms in total. The molecule has 2 aromatic rings. The number of carbonyl (C=O) groups is 1. The maximum absolute atomic E-state index is 12.4. The molecule has 0 N–H and O–H groups in total. The average molecular weight is 348 g/mol. The summed E-state index contributed by atoms with van der Waals surface area (Å²) in [5, 5.41) is 9.56. The van der Waals surface area contributed by atoms with E-state index >= 15 is 0 Å². The van der Waals surface area contributed by atoms with Gasteiger partial charge in [0.25, 0.3) is 5.91 Å². The highest BCUT2D eigenvalue weighted by Gasteiger charge is 2.33. The zero-order valence-electron chi connectivity index (χ0n) is 11.9. The molecule has 0 atom stereocenters. The summed E-state index contributed by atoms with van der Waals surface area (Å²) in [5.41, 5.74) is 0.854. The Balaban J connectivity index is 1.59. The van der Waals surface area contributed by atoms with Crippen molar-refractivity contribution in [3.8, 4) is 11.9 Å². The van der Waals surface area contributed by atoms with E-state index in [9.17, 15) is 4.79 Å². The predicted molar refractivity (Wildman–Crippen MR) is 85.7 cm³/mol. The van der Waals surface area contributed by atoms with Gasteiger partial charge in [0.1, 0.15) is 12.2 Å². The smallest absolute Gasteiger partial charge is 0.255 e. The van der Waals surface area contributed by atoms with E-state index in [0.29, 0.717) is 40.1 Å². The van der Waals surface area contributed by atoms with Crippen molar-refractivity contribution in [1.29, 1.82) is 5.26 Å². The quantitative estimate of drug-likeness (QED) is 0.855. The molecule has 1 aromatic heterocycles. The number of amides is 1. The van der Waals surface area contributed by atoms with Gasteiger partial charge in [-0.3, -0.25) is 4.79 Å². The first kappa shape index (κ1) is 15.6. The maximum Gasteiger partial charge on any atom is 0.255 e. The van der Waals surface area contributed by atoms with Gasteiger partial charge in [-0.2, -0.15) is 5.26 Å². The topological polar surface area (TPSA) is 66.2 Å². The van der Waals surface area contributed by atoms with Crippen molar-refractivity contribution in [3.63, 3.8) is 0 Å². The molecule has 7 heteroatoms. The molecule has 0 unspecified atom stereocenters. The third-order valence-corrected chi connectivity index (χ3v) is 4.01. The van der Waals surface area contributed by atoms with Gasteiger partial charge in [-0.05, 0) is 24.3 Å². The second kappa shape index (κ2) is 6.45. The first-order valence-corrected chi connectivity index (χ1v) is 7.59. The van der Waals surface area contributed by atoms with E-state index in [1.54, 1.807) is 35.2 Å². The Morgan fingerprint density at radius 3 is 2.74 bits per heavy atom. The molecule has 3 rings (SSSR count). The molecule has 1 aliphatic rings. The van der Waals surface area contributed by atoms with Crippen LogP contribution in [0.25, 0.3) is 0 Å². The Labute approximate surface area is 143 Å². The largest absolute Gasteiger partial charge is 0.471 e. The van der Waals surface area contributed by atoms with Gasteiger partial charge in [-0.25, -0.2) is 4.98 Å². The molecule has 0 radical (unpaired) electrons. The van der Waals surface area contributed by atoms with E-state index in [2.05, 4.69) is 4.98 Å². The van der Waals surface area contributed by atoms with Crippen LogP contribution in [0.1, 0.15) is 15.9 Å². The van der Waals surface area contributed by atoms with E-state index in [1.165, 1.54) is 6.20 Å². The summed E-state index contributed by atoms with van der Waals surface area (Å²) in [6.07, 6.45) is 1.32. The molecule has 2 heterocycles. The van der Waals surface area contributed by atoms with Crippen LogP contribution in [0.2, 0.25) is 10.0 Å². The summed E-state index contributed by atoms with van der Waals surface area (Å²) in [4.78, 5) is 18.0. The molecule has 1 amide bonds. The molecule has 0 aliphatic carbocycles. The molecule has 0 spiro atoms. The summed E-state index contributed by atoms with van der Waals surface area (Å²) in [6, 6.07) is 10.1. The predicted octanol–water partition coefficient (Wildman–Crippen LogP) is 3.16. The Morgan fingerprint density at radius 1 is 1.30 bits per heavy atom. The Kier molecular flexibility index (Phi) is 4.37. The highest BCUT2D eigenvalue weighted by Crippen LogP contribution is 2.25. The fourth-order valence-electron chi connectivity index (χ4n) is 2.20. The van der Waals surface area contributed by atoms with Crippen LogP contribution >= 0.6 is 23.2 Å². The number of aromatic nitrogens is 1. The molecule has 1 fully saturated rings. The second-order valence-electron chi connectivity index (χ2n) is 5.07. The van der Waals surface area contributed by atoms with E-state index in [4.69, 9.17) is 33.2 Å². The van der Waals surface area contributed by atoms with Crippen molar-refractivity contribution in [2.75, 3.05) is 13.1 Å². The Hall–Kier alpha value is -2.29. The van der Waals surface area contributed by atoms with Crippen LogP contribution in [0, 0.1) is 11.3 Å². The highest BCUT2D eigenvalue weighted by molar-refractivity contribution is 6.35. The molecule has 1 aromatic carbocycles. The molecule has 23 heavy (non-hydrogen) atoms. The standard InChI is InChI=1S/C16H11Cl2N3O2/c17-11-2-3-14(18)13(5-11)16(22)21-8-12(9-21)23-15-4-1-10(6-19)7-20-15/h1-5,7,12H,8-9H2. The Morgan fingerprint density at radius 2 is 2.09 bits per heavy atom. The van der Waals surface area contributed by atoms with Crippen molar-refractivity contribution in [3.05, 3.63) is 57.7 Å². The van der Waals surface area contributed by atoms with Gasteiger partial charge < -0.3 is 9.64 Å². The second-order valence-corrected chi connectivity index (χ2v) is 5.91. The number of likely N-dealkylation sites (tertiary alicyclic amines) is 1. The van der Waals surface area contributed by atoms with E-state index < -0.39 is 0 Å². The maximum atomic E-state index is 12.4. The normalized spacial score (nSPS) is 14.0. The average Bonchev–Trinajstić information content (AvgIpc) is 2.53. The minimum atomic E-state index is -0.176. The third kappa shape index (κ3) is 3.39. The lowest BCUT2D eigenvalue weighted by Gasteiger charge is -2.38. The van der Waals surface area contributed by atoms with Gasteiger partial charge in [-0.1, -0.05) is 23.2 Å². The number of hydrogen-bond donors (Lipinski definition) is 0. The number of nitriles is 1. The van der Waals surface area contributed by atoms with Crippen LogP contribution in [0.15, 0.2) is 36.5 Å². The van der Waals surface area contributed by atoms with Crippen LogP contribution in [-0.2, 0) is 0 Å². The van der Waals surface area contributed by atoms with Gasteiger partial charge in [-0.15, -0.1) is 0 Å². The number of pyridine rings is 1. The monoisotopic (exact) mass is 347 g/mol. The molecule has 1 saturated heterocycles. The van der Waals surface area contributed by atoms with Crippen molar-refractivity contribution < 1.29 is 9.53 Å². The molecular formula is C16H11Cl2N3O2. The van der Waals surface area contributed by atoms with E-state index in [1.807, 2.05) is 6.07 Å². The highest BCUT2D eigenvalue weighted by atomic mass is 35.5. The van der Waals surface area contributed by atoms with E-state index in [-0.39, 0.29) is 12.0 Å². The summed E-state index contributed by atoms with van der Waals surface area (Å²) >= 11 is 11.9. The van der Waals surface area contributed by atoms with Crippen molar-refractivity contribution in [1.82, 2.24) is 9.88 Å². The van der Waals surface area contributed by atoms with Crippen LogP contribution in [0.5, 0.6) is 5.88 Å². The lowest BCUT2D eigenvalue weighted by Crippen LogP contribution is -2.56. The zero-order chi connectivity index (χ0) is 16.4. The molecule has 0 bridgehead atoms. The number of hydrogen-bond acceptors (Lipinski definition) is 4. The summed E-state index contributed by atoms with van der Waals surface area (Å²) < 4.78 is 5.65. The van der Waals surface area contributed by atoms with Gasteiger partial charge in [0.2, 0.25) is 5.88 Å².